The second-order valence-corrected chi connectivity index (χ2v) is 6.49. The molecule has 1 heterocycles. The summed E-state index contributed by atoms with van der Waals surface area (Å²) in [5.41, 5.74) is 2.98. The molecule has 0 spiro atoms. The molecule has 1 aliphatic heterocycles. The van der Waals surface area contributed by atoms with Crippen LogP contribution in [0.15, 0.2) is 5.10 Å². The predicted molar refractivity (Wildman–Crippen MR) is 64.6 cm³/mol. The maximum atomic E-state index is 12.6. The first-order valence-electron chi connectivity index (χ1n) is 5.56. The van der Waals surface area contributed by atoms with E-state index in [0.29, 0.717) is 5.71 Å². The highest BCUT2D eigenvalue weighted by atomic mass is 31.2. The van der Waals surface area contributed by atoms with Crippen LogP contribution in [0.3, 0.4) is 0 Å². The highest BCUT2D eigenvalue weighted by Gasteiger charge is 2.41. The van der Waals surface area contributed by atoms with Crippen molar-refractivity contribution in [2.24, 2.45) is 5.10 Å². The SMILES string of the molecule is CC(C)OP(=O)(OC(C)C)[C@@H]1CC(C#N)=NN1. The van der Waals surface area contributed by atoms with E-state index in [4.69, 9.17) is 14.3 Å². The van der Waals surface area contributed by atoms with Crippen LogP contribution in [0.5, 0.6) is 0 Å². The lowest BCUT2D eigenvalue weighted by Crippen LogP contribution is -2.25. The van der Waals surface area contributed by atoms with Crippen molar-refractivity contribution < 1.29 is 13.6 Å². The molecule has 0 aromatic rings. The minimum Gasteiger partial charge on any atom is -0.304 e. The molecule has 0 aliphatic carbocycles. The molecule has 0 fully saturated rings. The van der Waals surface area contributed by atoms with Crippen molar-refractivity contribution in [1.82, 2.24) is 5.43 Å². The summed E-state index contributed by atoms with van der Waals surface area (Å²) in [5, 5.41) is 12.5. The molecule has 0 aromatic heterocycles. The van der Waals surface area contributed by atoms with Crippen LogP contribution in [-0.2, 0) is 13.6 Å². The number of rotatable bonds is 5. The fraction of sp³-hybridized carbons (Fsp3) is 0.800. The molecular formula is C10H18N3O3P. The molecule has 0 amide bonds. The van der Waals surface area contributed by atoms with Crippen molar-refractivity contribution in [3.63, 3.8) is 0 Å². The molecule has 0 bridgehead atoms. The number of nitrogens with one attached hydrogen (secondary N) is 1. The zero-order valence-corrected chi connectivity index (χ0v) is 11.4. The Morgan fingerprint density at radius 3 is 2.29 bits per heavy atom. The van der Waals surface area contributed by atoms with Gasteiger partial charge in [0.05, 0.1) is 12.2 Å². The molecule has 0 radical (unpaired) electrons. The summed E-state index contributed by atoms with van der Waals surface area (Å²) >= 11 is 0. The first-order chi connectivity index (χ1) is 7.87. The summed E-state index contributed by atoms with van der Waals surface area (Å²) in [7, 11) is -3.31. The lowest BCUT2D eigenvalue weighted by molar-refractivity contribution is 0.135. The van der Waals surface area contributed by atoms with E-state index >= 15 is 0 Å². The topological polar surface area (TPSA) is 83.7 Å². The highest BCUT2D eigenvalue weighted by molar-refractivity contribution is 7.54. The maximum Gasteiger partial charge on any atom is 0.355 e. The van der Waals surface area contributed by atoms with Gasteiger partial charge in [0.2, 0.25) is 0 Å². The summed E-state index contributed by atoms with van der Waals surface area (Å²) in [6.45, 7) is 7.16. The van der Waals surface area contributed by atoms with Gasteiger partial charge in [0, 0.05) is 6.42 Å². The standard InChI is InChI=1S/C10H18N3O3P/c1-7(2)15-17(14,16-8(3)4)10-5-9(6-11)12-13-10/h7-8,10,13H,5H2,1-4H3/t10-/m1/s1. The number of nitriles is 1. The van der Waals surface area contributed by atoms with Crippen LogP contribution in [0.4, 0.5) is 0 Å². The Morgan fingerprint density at radius 2 is 1.94 bits per heavy atom. The summed E-state index contributed by atoms with van der Waals surface area (Å²) in [6, 6.07) is 1.93. The molecule has 1 N–H and O–H groups in total. The lowest BCUT2D eigenvalue weighted by atomic mass is 10.3. The first kappa shape index (κ1) is 14.2. The van der Waals surface area contributed by atoms with Crippen LogP contribution in [0.2, 0.25) is 0 Å². The van der Waals surface area contributed by atoms with E-state index in [1.807, 2.05) is 6.07 Å². The van der Waals surface area contributed by atoms with Crippen molar-refractivity contribution in [3.05, 3.63) is 0 Å². The largest absolute Gasteiger partial charge is 0.355 e. The van der Waals surface area contributed by atoms with Crippen LogP contribution >= 0.6 is 7.60 Å². The normalized spacial score (nSPS) is 20.3. The fourth-order valence-electron chi connectivity index (χ4n) is 1.44. The van der Waals surface area contributed by atoms with Crippen molar-refractivity contribution in [2.45, 2.75) is 52.1 Å². The Labute approximate surface area is 102 Å². The molecule has 6 nitrogen and oxygen atoms in total. The van der Waals surface area contributed by atoms with Crippen LogP contribution in [-0.4, -0.2) is 23.7 Å². The van der Waals surface area contributed by atoms with Gasteiger partial charge in [-0.15, -0.1) is 0 Å². The average molecular weight is 259 g/mol. The van der Waals surface area contributed by atoms with Crippen LogP contribution in [0, 0.1) is 11.3 Å². The van der Waals surface area contributed by atoms with E-state index in [1.54, 1.807) is 27.7 Å². The van der Waals surface area contributed by atoms with Crippen molar-refractivity contribution >= 4 is 13.3 Å². The van der Waals surface area contributed by atoms with Gasteiger partial charge in [-0.1, -0.05) is 0 Å². The molecule has 0 saturated carbocycles. The van der Waals surface area contributed by atoms with Gasteiger partial charge in [-0.05, 0) is 27.7 Å². The minimum absolute atomic E-state index is 0.215. The Balaban J connectivity index is 2.79. The Kier molecular flexibility index (Phi) is 4.70. The number of hydrogen-bond donors (Lipinski definition) is 1. The van der Waals surface area contributed by atoms with Crippen LogP contribution in [0.1, 0.15) is 34.1 Å². The summed E-state index contributed by atoms with van der Waals surface area (Å²) in [5.74, 6) is -0.568. The highest BCUT2D eigenvalue weighted by Crippen LogP contribution is 2.56. The van der Waals surface area contributed by atoms with E-state index in [2.05, 4.69) is 10.5 Å². The van der Waals surface area contributed by atoms with Gasteiger partial charge in [0.25, 0.3) is 0 Å². The maximum absolute atomic E-state index is 12.6. The second-order valence-electron chi connectivity index (χ2n) is 4.37. The number of hydrazone groups is 1. The summed E-state index contributed by atoms with van der Waals surface area (Å²) in [6.07, 6.45) is -0.159. The molecular weight excluding hydrogens is 241 g/mol. The monoisotopic (exact) mass is 259 g/mol. The molecule has 0 unspecified atom stereocenters. The van der Waals surface area contributed by atoms with Crippen LogP contribution in [0.25, 0.3) is 0 Å². The second kappa shape index (κ2) is 5.63. The third-order valence-electron chi connectivity index (χ3n) is 1.96. The third-order valence-corrected chi connectivity index (χ3v) is 4.45. The molecule has 1 aliphatic rings. The van der Waals surface area contributed by atoms with E-state index < -0.39 is 13.4 Å². The van der Waals surface area contributed by atoms with Crippen molar-refractivity contribution in [2.75, 3.05) is 0 Å². The zero-order valence-electron chi connectivity index (χ0n) is 10.5. The van der Waals surface area contributed by atoms with Gasteiger partial charge >= 0.3 is 7.60 Å². The molecule has 0 aromatic carbocycles. The van der Waals surface area contributed by atoms with E-state index in [0.717, 1.165) is 0 Å². The Bertz CT molecular complexity index is 373. The van der Waals surface area contributed by atoms with Crippen molar-refractivity contribution in [1.29, 1.82) is 5.26 Å². The smallest absolute Gasteiger partial charge is 0.304 e. The summed E-state index contributed by atoms with van der Waals surface area (Å²) in [4.78, 5) is 0. The summed E-state index contributed by atoms with van der Waals surface area (Å²) < 4.78 is 23.4. The van der Waals surface area contributed by atoms with Gasteiger partial charge < -0.3 is 9.05 Å². The molecule has 0 saturated heterocycles. The van der Waals surface area contributed by atoms with Gasteiger partial charge in [0.1, 0.15) is 11.8 Å². The number of nitrogens with zero attached hydrogens (tertiary/aromatic N) is 2. The molecule has 1 rings (SSSR count). The zero-order chi connectivity index (χ0) is 13.1. The van der Waals surface area contributed by atoms with E-state index in [-0.39, 0.29) is 18.6 Å². The third kappa shape index (κ3) is 3.81. The Morgan fingerprint density at radius 1 is 1.41 bits per heavy atom. The first-order valence-corrected chi connectivity index (χ1v) is 7.17. The van der Waals surface area contributed by atoms with Gasteiger partial charge in [0.15, 0.2) is 5.78 Å². The Hall–Kier alpha value is -0.890. The quantitative estimate of drug-likeness (QED) is 0.765. The number of hydrogen-bond acceptors (Lipinski definition) is 6. The van der Waals surface area contributed by atoms with E-state index in [9.17, 15) is 4.57 Å². The molecule has 96 valence electrons. The molecule has 7 heteroatoms. The predicted octanol–water partition coefficient (Wildman–Crippen LogP) is 2.23. The van der Waals surface area contributed by atoms with E-state index in [1.165, 1.54) is 0 Å². The van der Waals surface area contributed by atoms with Gasteiger partial charge in [-0.25, -0.2) is 0 Å². The van der Waals surface area contributed by atoms with Gasteiger partial charge in [-0.2, -0.15) is 10.4 Å². The average Bonchev–Trinajstić information content (AvgIpc) is 2.63. The fourth-order valence-corrected chi connectivity index (χ4v) is 3.55. The van der Waals surface area contributed by atoms with Gasteiger partial charge in [-0.3, -0.25) is 9.99 Å². The van der Waals surface area contributed by atoms with Crippen molar-refractivity contribution in [3.8, 4) is 6.07 Å². The molecule has 17 heavy (non-hydrogen) atoms. The van der Waals surface area contributed by atoms with Crippen LogP contribution < -0.4 is 5.43 Å². The molecule has 1 atom stereocenters. The minimum atomic E-state index is -3.31. The lowest BCUT2D eigenvalue weighted by Gasteiger charge is -2.26.